The second-order valence-corrected chi connectivity index (χ2v) is 9.64. The summed E-state index contributed by atoms with van der Waals surface area (Å²) < 4.78 is 46.1. The largest absolute Gasteiger partial charge is 0.227 e. The van der Waals surface area contributed by atoms with Crippen LogP contribution in [0.3, 0.4) is 0 Å². The zero-order chi connectivity index (χ0) is 11.4. The second kappa shape index (κ2) is 3.20. The van der Waals surface area contributed by atoms with Gasteiger partial charge < -0.3 is 0 Å². The predicted molar refractivity (Wildman–Crippen MR) is 57.8 cm³/mol. The molecule has 2 saturated heterocycles. The fourth-order valence-corrected chi connectivity index (χ4v) is 9.35. The van der Waals surface area contributed by atoms with Crippen molar-refractivity contribution < 1.29 is 16.8 Å². The van der Waals surface area contributed by atoms with Crippen LogP contribution in [0.1, 0.15) is 20.3 Å². The van der Waals surface area contributed by atoms with Crippen LogP contribution in [0.2, 0.25) is 0 Å². The summed E-state index contributed by atoms with van der Waals surface area (Å²) in [5, 5.41) is 0. The van der Waals surface area contributed by atoms with Crippen molar-refractivity contribution in [1.82, 2.24) is 0 Å². The highest BCUT2D eigenvalue weighted by Gasteiger charge is 2.55. The molecule has 0 saturated carbocycles. The van der Waals surface area contributed by atoms with Gasteiger partial charge in [0.05, 0.1) is 11.5 Å². The number of sulfone groups is 2. The number of fused-ring (bicyclic) bond motifs is 1. The lowest BCUT2D eigenvalue weighted by atomic mass is 9.89. The van der Waals surface area contributed by atoms with Crippen molar-refractivity contribution in [3.8, 4) is 0 Å². The first-order valence-corrected chi connectivity index (χ1v) is 8.60. The molecular weight excluding hydrogens is 236 g/mol. The van der Waals surface area contributed by atoms with Gasteiger partial charge in [-0.2, -0.15) is 0 Å². The molecule has 0 aliphatic carbocycles. The van der Waals surface area contributed by atoms with E-state index < -0.39 is 24.3 Å². The molecule has 2 aliphatic heterocycles. The molecule has 2 rings (SSSR count). The van der Waals surface area contributed by atoms with E-state index in [0.717, 1.165) is 6.42 Å². The molecule has 0 radical (unpaired) electrons. The van der Waals surface area contributed by atoms with E-state index in [0.29, 0.717) is 0 Å². The molecule has 15 heavy (non-hydrogen) atoms. The van der Waals surface area contributed by atoms with E-state index in [-0.39, 0.29) is 29.3 Å². The first kappa shape index (κ1) is 11.4. The van der Waals surface area contributed by atoms with Gasteiger partial charge in [0.2, 0.25) is 0 Å². The van der Waals surface area contributed by atoms with E-state index in [2.05, 4.69) is 0 Å². The Morgan fingerprint density at radius 3 is 2.07 bits per heavy atom. The van der Waals surface area contributed by atoms with Crippen molar-refractivity contribution in [2.24, 2.45) is 17.8 Å². The summed E-state index contributed by atoms with van der Waals surface area (Å²) in [6, 6.07) is 0. The summed E-state index contributed by atoms with van der Waals surface area (Å²) in [4.78, 5) is 0. The maximum absolute atomic E-state index is 11.9. The number of rotatable bonds is 0. The predicted octanol–water partition coefficient (Wildman–Crippen LogP) is 0.448. The minimum atomic E-state index is -3.44. The Balaban J connectivity index is 2.51. The van der Waals surface area contributed by atoms with Gasteiger partial charge in [0.15, 0.2) is 24.3 Å². The smallest absolute Gasteiger partial charge is 0.168 e. The van der Waals surface area contributed by atoms with Crippen LogP contribution < -0.4 is 0 Å². The molecule has 4 atom stereocenters. The summed E-state index contributed by atoms with van der Waals surface area (Å²) in [5.41, 5.74) is 0. The molecule has 2 fully saturated rings. The Labute approximate surface area is 90.9 Å². The Morgan fingerprint density at radius 1 is 0.933 bits per heavy atom. The third-order valence-corrected chi connectivity index (χ3v) is 9.37. The van der Waals surface area contributed by atoms with Crippen LogP contribution in [0.5, 0.6) is 0 Å². The van der Waals surface area contributed by atoms with E-state index in [1.165, 1.54) is 0 Å². The van der Waals surface area contributed by atoms with E-state index in [1.807, 2.05) is 13.8 Å². The number of hydrogen-bond donors (Lipinski definition) is 0. The van der Waals surface area contributed by atoms with Gasteiger partial charge in [-0.05, 0) is 24.2 Å². The van der Waals surface area contributed by atoms with Gasteiger partial charge in [-0.15, -0.1) is 0 Å². The molecule has 88 valence electrons. The minimum absolute atomic E-state index is 0.0162. The molecule has 0 spiro atoms. The summed E-state index contributed by atoms with van der Waals surface area (Å²) in [6.07, 6.45) is 0.726. The van der Waals surface area contributed by atoms with E-state index in [1.54, 1.807) is 0 Å². The maximum Gasteiger partial charge on any atom is 0.168 e. The first-order valence-electron chi connectivity index (χ1n) is 5.17. The standard InChI is InChI=1S/C9H16O4S2/c1-6-3-8-7(2)5-15(12,13)9(8)14(10,11)4-6/h6-9H,3-5H2,1-2H3. The van der Waals surface area contributed by atoms with Crippen LogP contribution in [-0.2, 0) is 19.7 Å². The van der Waals surface area contributed by atoms with Crippen LogP contribution in [-0.4, -0.2) is 32.9 Å². The van der Waals surface area contributed by atoms with Crippen molar-refractivity contribution in [2.45, 2.75) is 24.9 Å². The zero-order valence-electron chi connectivity index (χ0n) is 8.88. The zero-order valence-corrected chi connectivity index (χ0v) is 10.5. The van der Waals surface area contributed by atoms with Gasteiger partial charge in [0.1, 0.15) is 0 Å². The molecule has 2 heterocycles. The third kappa shape index (κ3) is 1.71. The molecule has 0 bridgehead atoms. The molecular formula is C9H16O4S2. The van der Waals surface area contributed by atoms with Crippen LogP contribution in [0.15, 0.2) is 0 Å². The lowest BCUT2D eigenvalue weighted by molar-refractivity contribution is 0.335. The fraction of sp³-hybridized carbons (Fsp3) is 1.00. The maximum atomic E-state index is 11.9. The summed E-state index contributed by atoms with van der Waals surface area (Å²) in [6.45, 7) is 3.72. The molecule has 0 N–H and O–H groups in total. The van der Waals surface area contributed by atoms with Crippen molar-refractivity contribution >= 4 is 19.7 Å². The van der Waals surface area contributed by atoms with E-state index >= 15 is 0 Å². The molecule has 0 aromatic rings. The lowest BCUT2D eigenvalue weighted by Crippen LogP contribution is -2.41. The molecule has 4 unspecified atom stereocenters. The second-order valence-electron chi connectivity index (χ2n) is 5.01. The summed E-state index contributed by atoms with van der Waals surface area (Å²) >= 11 is 0. The normalized spacial score (nSPS) is 47.3. The molecule has 0 amide bonds. The Kier molecular flexibility index (Phi) is 2.43. The highest BCUT2D eigenvalue weighted by Crippen LogP contribution is 2.43. The Bertz CT molecular complexity index is 462. The molecule has 6 heteroatoms. The molecule has 0 aromatic carbocycles. The minimum Gasteiger partial charge on any atom is -0.227 e. The van der Waals surface area contributed by atoms with Gasteiger partial charge in [-0.1, -0.05) is 13.8 Å². The topological polar surface area (TPSA) is 68.3 Å². The SMILES string of the molecule is CC1CC2C(C)CS(=O)(=O)C2S(=O)(=O)C1. The average molecular weight is 252 g/mol. The van der Waals surface area contributed by atoms with Crippen LogP contribution in [0.4, 0.5) is 0 Å². The van der Waals surface area contributed by atoms with Crippen molar-refractivity contribution in [3.63, 3.8) is 0 Å². The molecule has 4 nitrogen and oxygen atoms in total. The van der Waals surface area contributed by atoms with Crippen LogP contribution in [0, 0.1) is 17.8 Å². The van der Waals surface area contributed by atoms with Crippen molar-refractivity contribution in [3.05, 3.63) is 0 Å². The quantitative estimate of drug-likeness (QED) is 0.627. The number of hydrogen-bond acceptors (Lipinski definition) is 4. The Morgan fingerprint density at radius 2 is 1.47 bits per heavy atom. The highest BCUT2D eigenvalue weighted by molar-refractivity contribution is 8.09. The van der Waals surface area contributed by atoms with Crippen molar-refractivity contribution in [2.75, 3.05) is 11.5 Å². The van der Waals surface area contributed by atoms with Crippen LogP contribution in [0.25, 0.3) is 0 Å². The lowest BCUT2D eigenvalue weighted by Gasteiger charge is -2.30. The van der Waals surface area contributed by atoms with Gasteiger partial charge >= 0.3 is 0 Å². The average Bonchev–Trinajstić information content (AvgIpc) is 2.19. The fourth-order valence-electron chi connectivity index (χ4n) is 2.98. The van der Waals surface area contributed by atoms with Crippen LogP contribution >= 0.6 is 0 Å². The van der Waals surface area contributed by atoms with Gasteiger partial charge in [-0.3, -0.25) is 0 Å². The monoisotopic (exact) mass is 252 g/mol. The van der Waals surface area contributed by atoms with Gasteiger partial charge in [0, 0.05) is 0 Å². The summed E-state index contributed by atoms with van der Waals surface area (Å²) in [5.74, 6) is -0.0396. The van der Waals surface area contributed by atoms with E-state index in [4.69, 9.17) is 0 Å². The first-order chi connectivity index (χ1) is 6.74. The van der Waals surface area contributed by atoms with Crippen molar-refractivity contribution in [1.29, 1.82) is 0 Å². The van der Waals surface area contributed by atoms with E-state index in [9.17, 15) is 16.8 Å². The molecule has 0 aromatic heterocycles. The van der Waals surface area contributed by atoms with Gasteiger partial charge in [-0.25, -0.2) is 16.8 Å². The molecule has 2 aliphatic rings. The summed E-state index contributed by atoms with van der Waals surface area (Å²) in [7, 11) is -6.85. The van der Waals surface area contributed by atoms with Gasteiger partial charge in [0.25, 0.3) is 0 Å². The highest BCUT2D eigenvalue weighted by atomic mass is 32.3. The Hall–Kier alpha value is -0.100. The third-order valence-electron chi connectivity index (χ3n) is 3.47.